The average molecular weight is 456 g/mol. The number of piperidine rings is 1. The third-order valence-corrected chi connectivity index (χ3v) is 7.05. The predicted octanol–water partition coefficient (Wildman–Crippen LogP) is 4.98. The Hall–Kier alpha value is -2.48. The number of rotatable bonds is 7. The molecule has 2 aliphatic rings. The summed E-state index contributed by atoms with van der Waals surface area (Å²) in [5.41, 5.74) is 1.35. The van der Waals surface area contributed by atoms with E-state index in [1.54, 1.807) is 0 Å². The molecular weight excluding hydrogens is 417 g/mol. The second-order valence-corrected chi connectivity index (χ2v) is 9.55. The van der Waals surface area contributed by atoms with E-state index >= 15 is 0 Å². The maximum Gasteiger partial charge on any atom is 0.233 e. The van der Waals surface area contributed by atoms with Crippen molar-refractivity contribution < 1.29 is 4.39 Å². The van der Waals surface area contributed by atoms with Crippen molar-refractivity contribution in [3.05, 3.63) is 29.6 Å². The van der Waals surface area contributed by atoms with Gasteiger partial charge in [0, 0.05) is 24.8 Å². The minimum Gasteiger partial charge on any atom is -0.351 e. The van der Waals surface area contributed by atoms with Crippen LogP contribution in [0.2, 0.25) is 0 Å². The monoisotopic (exact) mass is 455 g/mol. The highest BCUT2D eigenvalue weighted by Gasteiger charge is 2.24. The number of nitrogens with zero attached hydrogens (tertiary/aromatic N) is 5. The summed E-state index contributed by atoms with van der Waals surface area (Å²) in [5.74, 6) is 1.49. The Morgan fingerprint density at radius 3 is 2.36 bits per heavy atom. The topological polar surface area (TPSA) is 69.2 Å². The molecular formula is C25H38FN7. The molecule has 0 amide bonds. The van der Waals surface area contributed by atoms with E-state index in [4.69, 9.17) is 9.97 Å². The number of benzene rings is 1. The van der Waals surface area contributed by atoms with Crippen LogP contribution in [0.25, 0.3) is 0 Å². The molecule has 0 atom stereocenters. The molecule has 2 N–H and O–H groups in total. The Balaban J connectivity index is 1.58. The Morgan fingerprint density at radius 1 is 1.00 bits per heavy atom. The number of aromatic nitrogens is 3. The molecule has 33 heavy (non-hydrogen) atoms. The molecule has 2 fully saturated rings. The maximum atomic E-state index is 14.3. The number of likely N-dealkylation sites (tertiary alicyclic amines) is 1. The summed E-state index contributed by atoms with van der Waals surface area (Å²) in [6.45, 7) is 4.09. The molecule has 1 saturated heterocycles. The van der Waals surface area contributed by atoms with Gasteiger partial charge in [-0.15, -0.1) is 0 Å². The van der Waals surface area contributed by atoms with E-state index in [1.165, 1.54) is 31.7 Å². The molecule has 7 nitrogen and oxygen atoms in total. The molecule has 0 radical (unpaired) electrons. The van der Waals surface area contributed by atoms with Gasteiger partial charge in [0.2, 0.25) is 17.8 Å². The fraction of sp³-hybridized carbons (Fsp3) is 0.640. The molecule has 0 unspecified atom stereocenters. The second kappa shape index (κ2) is 11.1. The van der Waals surface area contributed by atoms with Gasteiger partial charge < -0.3 is 20.4 Å². The molecule has 1 aliphatic carbocycles. The lowest BCUT2D eigenvalue weighted by atomic mass is 10.0. The van der Waals surface area contributed by atoms with Crippen LogP contribution in [0, 0.1) is 5.82 Å². The molecule has 2 heterocycles. The van der Waals surface area contributed by atoms with E-state index in [0.717, 1.165) is 38.8 Å². The Morgan fingerprint density at radius 2 is 1.70 bits per heavy atom. The first-order valence-electron chi connectivity index (χ1n) is 12.5. The lowest BCUT2D eigenvalue weighted by molar-refractivity contribution is 0.252. The van der Waals surface area contributed by atoms with Gasteiger partial charge >= 0.3 is 0 Å². The van der Waals surface area contributed by atoms with Crippen molar-refractivity contribution in [1.82, 2.24) is 19.9 Å². The SMILES string of the molecule is CCc1ccc(Nc2nc(NC3CCCCCC3)nc(N(C)C3CCN(C)CC3)n2)cc1F. The first-order valence-corrected chi connectivity index (χ1v) is 12.5. The third-order valence-electron chi connectivity index (χ3n) is 7.05. The molecule has 0 spiro atoms. The quantitative estimate of drug-likeness (QED) is 0.571. The molecule has 0 bridgehead atoms. The van der Waals surface area contributed by atoms with Crippen molar-refractivity contribution >= 4 is 23.5 Å². The standard InChI is InChI=1S/C25H38FN7/c1-4-18-11-12-20(17-22(18)26)28-24-29-23(27-19-9-7-5-6-8-10-19)30-25(31-24)33(3)21-13-15-32(2)16-14-21/h11-12,17,19,21H,4-10,13-16H2,1-3H3,(H2,27,28,29,30,31). The second-order valence-electron chi connectivity index (χ2n) is 9.55. The van der Waals surface area contributed by atoms with Crippen molar-refractivity contribution in [1.29, 1.82) is 0 Å². The molecule has 1 saturated carbocycles. The van der Waals surface area contributed by atoms with Crippen LogP contribution < -0.4 is 15.5 Å². The van der Waals surface area contributed by atoms with Gasteiger partial charge in [-0.25, -0.2) is 4.39 Å². The number of halogens is 1. The van der Waals surface area contributed by atoms with Gasteiger partial charge in [0.25, 0.3) is 0 Å². The highest BCUT2D eigenvalue weighted by molar-refractivity contribution is 5.56. The first kappa shape index (κ1) is 23.7. The highest BCUT2D eigenvalue weighted by Crippen LogP contribution is 2.25. The van der Waals surface area contributed by atoms with Crippen LogP contribution in [0.4, 0.5) is 27.9 Å². The van der Waals surface area contributed by atoms with E-state index in [-0.39, 0.29) is 5.82 Å². The van der Waals surface area contributed by atoms with Gasteiger partial charge in [0.15, 0.2) is 0 Å². The largest absolute Gasteiger partial charge is 0.351 e. The van der Waals surface area contributed by atoms with Gasteiger partial charge in [-0.05, 0) is 69.9 Å². The van der Waals surface area contributed by atoms with Crippen molar-refractivity contribution in [2.24, 2.45) is 0 Å². The number of aryl methyl sites for hydroxylation is 1. The smallest absolute Gasteiger partial charge is 0.233 e. The van der Waals surface area contributed by atoms with Gasteiger partial charge in [-0.3, -0.25) is 0 Å². The fourth-order valence-electron chi connectivity index (χ4n) is 4.84. The average Bonchev–Trinajstić information content (AvgIpc) is 3.08. The van der Waals surface area contributed by atoms with Crippen LogP contribution in [0.1, 0.15) is 63.9 Å². The van der Waals surface area contributed by atoms with Crippen LogP contribution in [-0.2, 0) is 6.42 Å². The van der Waals surface area contributed by atoms with Gasteiger partial charge in [-0.2, -0.15) is 15.0 Å². The number of nitrogens with one attached hydrogen (secondary N) is 2. The molecule has 2 aromatic rings. The molecule has 1 aliphatic heterocycles. The highest BCUT2D eigenvalue weighted by atomic mass is 19.1. The molecule has 180 valence electrons. The molecule has 8 heteroatoms. The summed E-state index contributed by atoms with van der Waals surface area (Å²) in [6, 6.07) is 5.98. The van der Waals surface area contributed by atoms with Crippen LogP contribution >= 0.6 is 0 Å². The van der Waals surface area contributed by atoms with E-state index in [2.05, 4.69) is 39.5 Å². The zero-order valence-corrected chi connectivity index (χ0v) is 20.3. The Labute approximate surface area is 197 Å². The Bertz CT molecular complexity index is 906. The molecule has 1 aromatic carbocycles. The molecule has 4 rings (SSSR count). The summed E-state index contributed by atoms with van der Waals surface area (Å²) >= 11 is 0. The van der Waals surface area contributed by atoms with Crippen LogP contribution in [0.3, 0.4) is 0 Å². The van der Waals surface area contributed by atoms with E-state index < -0.39 is 0 Å². The van der Waals surface area contributed by atoms with E-state index in [0.29, 0.717) is 47.6 Å². The third kappa shape index (κ3) is 6.31. The van der Waals surface area contributed by atoms with Crippen molar-refractivity contribution in [3.8, 4) is 0 Å². The van der Waals surface area contributed by atoms with Crippen LogP contribution in [-0.4, -0.2) is 59.1 Å². The summed E-state index contributed by atoms with van der Waals surface area (Å²) in [5, 5.41) is 6.78. The Kier molecular flexibility index (Phi) is 7.96. The predicted molar refractivity (Wildman–Crippen MR) is 133 cm³/mol. The van der Waals surface area contributed by atoms with Gasteiger partial charge in [0.05, 0.1) is 0 Å². The minimum absolute atomic E-state index is 0.211. The zero-order chi connectivity index (χ0) is 23.2. The van der Waals surface area contributed by atoms with E-state index in [9.17, 15) is 4.39 Å². The minimum atomic E-state index is -0.211. The molecule has 1 aromatic heterocycles. The summed E-state index contributed by atoms with van der Waals surface area (Å²) in [7, 11) is 4.24. The summed E-state index contributed by atoms with van der Waals surface area (Å²) in [4.78, 5) is 18.7. The lowest BCUT2D eigenvalue weighted by Crippen LogP contribution is -2.42. The van der Waals surface area contributed by atoms with Gasteiger partial charge in [0.1, 0.15) is 5.82 Å². The first-order chi connectivity index (χ1) is 16.0. The zero-order valence-electron chi connectivity index (χ0n) is 20.3. The van der Waals surface area contributed by atoms with Crippen LogP contribution in [0.15, 0.2) is 18.2 Å². The maximum absolute atomic E-state index is 14.3. The number of hydrogen-bond acceptors (Lipinski definition) is 7. The number of anilines is 4. The van der Waals surface area contributed by atoms with Crippen LogP contribution in [0.5, 0.6) is 0 Å². The fourth-order valence-corrected chi connectivity index (χ4v) is 4.84. The summed E-state index contributed by atoms with van der Waals surface area (Å²) < 4.78 is 14.3. The van der Waals surface area contributed by atoms with Crippen molar-refractivity contribution in [3.63, 3.8) is 0 Å². The van der Waals surface area contributed by atoms with Crippen molar-refractivity contribution in [2.75, 3.05) is 42.7 Å². The van der Waals surface area contributed by atoms with Crippen molar-refractivity contribution in [2.45, 2.75) is 76.8 Å². The summed E-state index contributed by atoms with van der Waals surface area (Å²) in [6.07, 6.45) is 10.2. The van der Waals surface area contributed by atoms with E-state index in [1.807, 2.05) is 19.1 Å². The van der Waals surface area contributed by atoms with Gasteiger partial charge in [-0.1, -0.05) is 38.7 Å². The number of hydrogen-bond donors (Lipinski definition) is 2. The normalized spacial score (nSPS) is 18.7. The lowest BCUT2D eigenvalue weighted by Gasteiger charge is -2.35.